The van der Waals surface area contributed by atoms with Gasteiger partial charge in [-0.05, 0) is 36.4 Å². The summed E-state index contributed by atoms with van der Waals surface area (Å²) in [6.45, 7) is 2.21. The Hall–Kier alpha value is -1.88. The summed E-state index contributed by atoms with van der Waals surface area (Å²) in [5.74, 6) is -0.267. The third-order valence-corrected chi connectivity index (χ3v) is 3.48. The second-order valence-corrected chi connectivity index (χ2v) is 5.48. The summed E-state index contributed by atoms with van der Waals surface area (Å²) in [5.41, 5.74) is 2.22. The molecule has 0 saturated heterocycles. The Balaban J connectivity index is 1.96. The van der Waals surface area contributed by atoms with E-state index in [1.165, 1.54) is 6.07 Å². The molecule has 5 heteroatoms. The molecule has 3 nitrogen and oxygen atoms in total. The van der Waals surface area contributed by atoms with E-state index in [9.17, 15) is 9.18 Å². The SMILES string of the molecule is CCC(=O)Nc1ccc(NCc2ccc(Br)cc2F)cc1. The molecule has 0 aromatic heterocycles. The monoisotopic (exact) mass is 350 g/mol. The predicted molar refractivity (Wildman–Crippen MR) is 86.8 cm³/mol. The Morgan fingerprint density at radius 1 is 1.14 bits per heavy atom. The number of benzene rings is 2. The van der Waals surface area contributed by atoms with E-state index in [-0.39, 0.29) is 11.7 Å². The standard InChI is InChI=1S/C16H16BrFN2O/c1-2-16(21)20-14-7-5-13(6-8-14)19-10-11-3-4-12(17)9-15(11)18/h3-9,19H,2,10H2,1H3,(H,20,21). The molecule has 0 radical (unpaired) electrons. The summed E-state index contributed by atoms with van der Waals surface area (Å²) >= 11 is 3.23. The van der Waals surface area contributed by atoms with Crippen molar-refractivity contribution in [2.45, 2.75) is 19.9 Å². The highest BCUT2D eigenvalue weighted by Gasteiger charge is 2.03. The number of rotatable bonds is 5. The number of hydrogen-bond acceptors (Lipinski definition) is 2. The largest absolute Gasteiger partial charge is 0.381 e. The van der Waals surface area contributed by atoms with E-state index in [4.69, 9.17) is 0 Å². The molecule has 0 unspecified atom stereocenters. The van der Waals surface area contributed by atoms with Crippen molar-refractivity contribution in [1.82, 2.24) is 0 Å². The van der Waals surface area contributed by atoms with Crippen LogP contribution in [0.5, 0.6) is 0 Å². The zero-order valence-corrected chi connectivity index (χ0v) is 13.2. The van der Waals surface area contributed by atoms with Crippen LogP contribution in [0.15, 0.2) is 46.9 Å². The lowest BCUT2D eigenvalue weighted by Crippen LogP contribution is -2.09. The van der Waals surface area contributed by atoms with E-state index >= 15 is 0 Å². The van der Waals surface area contributed by atoms with Crippen LogP contribution in [-0.2, 0) is 11.3 Å². The lowest BCUT2D eigenvalue weighted by Gasteiger charge is -2.09. The van der Waals surface area contributed by atoms with Crippen molar-refractivity contribution in [2.75, 3.05) is 10.6 Å². The van der Waals surface area contributed by atoms with Crippen LogP contribution in [0.25, 0.3) is 0 Å². The molecule has 1 amide bonds. The highest BCUT2D eigenvalue weighted by atomic mass is 79.9. The maximum absolute atomic E-state index is 13.7. The van der Waals surface area contributed by atoms with Crippen molar-refractivity contribution in [3.63, 3.8) is 0 Å². The number of carbonyl (C=O) groups excluding carboxylic acids is 1. The van der Waals surface area contributed by atoms with Crippen molar-refractivity contribution < 1.29 is 9.18 Å². The molecule has 0 heterocycles. The van der Waals surface area contributed by atoms with E-state index in [0.717, 1.165) is 15.8 Å². The average Bonchev–Trinajstić information content (AvgIpc) is 2.48. The Labute approximate surface area is 131 Å². The van der Waals surface area contributed by atoms with Crippen LogP contribution >= 0.6 is 15.9 Å². The van der Waals surface area contributed by atoms with E-state index in [2.05, 4.69) is 26.6 Å². The van der Waals surface area contributed by atoms with Crippen LogP contribution in [0.4, 0.5) is 15.8 Å². The smallest absolute Gasteiger partial charge is 0.224 e. The van der Waals surface area contributed by atoms with Crippen molar-refractivity contribution in [3.05, 3.63) is 58.3 Å². The van der Waals surface area contributed by atoms with Gasteiger partial charge in [-0.15, -0.1) is 0 Å². The molecule has 2 rings (SSSR count). The van der Waals surface area contributed by atoms with Gasteiger partial charge in [0.05, 0.1) is 0 Å². The molecule has 2 N–H and O–H groups in total. The molecule has 2 aromatic rings. The summed E-state index contributed by atoms with van der Waals surface area (Å²) in [4.78, 5) is 11.3. The molecule has 0 atom stereocenters. The summed E-state index contributed by atoms with van der Waals surface area (Å²) in [6.07, 6.45) is 0.447. The first-order valence-corrected chi connectivity index (χ1v) is 7.45. The first-order chi connectivity index (χ1) is 10.1. The molecule has 0 aliphatic heterocycles. The highest BCUT2D eigenvalue weighted by Crippen LogP contribution is 2.18. The van der Waals surface area contributed by atoms with Crippen LogP contribution in [-0.4, -0.2) is 5.91 Å². The number of amides is 1. The van der Waals surface area contributed by atoms with Gasteiger partial charge < -0.3 is 10.6 Å². The fourth-order valence-electron chi connectivity index (χ4n) is 1.78. The normalized spacial score (nSPS) is 10.2. The van der Waals surface area contributed by atoms with Gasteiger partial charge in [-0.25, -0.2) is 4.39 Å². The molecule has 2 aromatic carbocycles. The van der Waals surface area contributed by atoms with Gasteiger partial charge in [0.25, 0.3) is 0 Å². The zero-order valence-electron chi connectivity index (χ0n) is 11.6. The Kier molecular flexibility index (Phi) is 5.33. The van der Waals surface area contributed by atoms with E-state index in [1.54, 1.807) is 13.0 Å². The minimum atomic E-state index is -0.247. The fourth-order valence-corrected chi connectivity index (χ4v) is 2.12. The third kappa shape index (κ3) is 4.56. The van der Waals surface area contributed by atoms with Crippen molar-refractivity contribution in [2.24, 2.45) is 0 Å². The second-order valence-electron chi connectivity index (χ2n) is 4.57. The molecular formula is C16H16BrFN2O. The van der Waals surface area contributed by atoms with Gasteiger partial charge >= 0.3 is 0 Å². The molecule has 0 aliphatic carbocycles. The van der Waals surface area contributed by atoms with E-state index < -0.39 is 0 Å². The number of anilines is 2. The Morgan fingerprint density at radius 2 is 1.81 bits per heavy atom. The topological polar surface area (TPSA) is 41.1 Å². The lowest BCUT2D eigenvalue weighted by molar-refractivity contribution is -0.115. The summed E-state index contributed by atoms with van der Waals surface area (Å²) in [7, 11) is 0. The van der Waals surface area contributed by atoms with Gasteiger partial charge in [0.2, 0.25) is 5.91 Å². The number of halogens is 2. The van der Waals surface area contributed by atoms with Crippen molar-refractivity contribution >= 4 is 33.2 Å². The van der Waals surface area contributed by atoms with Crippen LogP contribution in [0, 0.1) is 5.82 Å². The zero-order chi connectivity index (χ0) is 15.2. The molecule has 110 valence electrons. The summed E-state index contributed by atoms with van der Waals surface area (Å²) in [5, 5.41) is 5.92. The molecule has 0 aliphatic rings. The predicted octanol–water partition coefficient (Wildman–Crippen LogP) is 4.55. The molecule has 0 saturated carbocycles. The minimum absolute atomic E-state index is 0.0207. The summed E-state index contributed by atoms with van der Waals surface area (Å²) in [6, 6.07) is 12.3. The van der Waals surface area contributed by atoms with Gasteiger partial charge in [-0.3, -0.25) is 4.79 Å². The summed E-state index contributed by atoms with van der Waals surface area (Å²) < 4.78 is 14.4. The number of carbonyl (C=O) groups is 1. The third-order valence-electron chi connectivity index (χ3n) is 2.99. The van der Waals surface area contributed by atoms with Crippen LogP contribution in [0.3, 0.4) is 0 Å². The quantitative estimate of drug-likeness (QED) is 0.830. The lowest BCUT2D eigenvalue weighted by atomic mass is 10.2. The fraction of sp³-hybridized carbons (Fsp3) is 0.188. The number of hydrogen-bond donors (Lipinski definition) is 2. The molecular weight excluding hydrogens is 335 g/mol. The highest BCUT2D eigenvalue weighted by molar-refractivity contribution is 9.10. The Bertz CT molecular complexity index is 629. The first-order valence-electron chi connectivity index (χ1n) is 6.66. The first kappa shape index (κ1) is 15.5. The van der Waals surface area contributed by atoms with Crippen molar-refractivity contribution in [1.29, 1.82) is 0 Å². The van der Waals surface area contributed by atoms with Crippen LogP contribution in [0.2, 0.25) is 0 Å². The minimum Gasteiger partial charge on any atom is -0.381 e. The Morgan fingerprint density at radius 3 is 2.43 bits per heavy atom. The van der Waals surface area contributed by atoms with Crippen LogP contribution in [0.1, 0.15) is 18.9 Å². The van der Waals surface area contributed by atoms with Crippen molar-refractivity contribution in [3.8, 4) is 0 Å². The maximum atomic E-state index is 13.7. The van der Waals surface area contributed by atoms with Crippen LogP contribution < -0.4 is 10.6 Å². The second kappa shape index (κ2) is 7.22. The van der Waals surface area contributed by atoms with E-state index in [0.29, 0.717) is 18.5 Å². The molecule has 0 bridgehead atoms. The molecule has 0 fully saturated rings. The molecule has 0 spiro atoms. The van der Waals surface area contributed by atoms with E-state index in [1.807, 2.05) is 30.3 Å². The molecule has 21 heavy (non-hydrogen) atoms. The maximum Gasteiger partial charge on any atom is 0.224 e. The van der Waals surface area contributed by atoms with Gasteiger partial charge in [0.1, 0.15) is 5.82 Å². The van der Waals surface area contributed by atoms with Gasteiger partial charge in [-0.1, -0.05) is 28.9 Å². The number of nitrogens with one attached hydrogen (secondary N) is 2. The van der Waals surface area contributed by atoms with Gasteiger partial charge in [0, 0.05) is 34.4 Å². The van der Waals surface area contributed by atoms with Gasteiger partial charge in [0.15, 0.2) is 0 Å². The van der Waals surface area contributed by atoms with Gasteiger partial charge in [-0.2, -0.15) is 0 Å². The average molecular weight is 351 g/mol.